The SMILES string of the molecule is CCCCn1c(=O)c2ccccc2n(CC(=O)Nc2cc(Cl)ccc2C)c1=O. The molecule has 0 aliphatic carbocycles. The molecule has 0 spiro atoms. The number of benzene rings is 2. The first-order valence-electron chi connectivity index (χ1n) is 9.20. The molecule has 0 atom stereocenters. The number of anilines is 1. The summed E-state index contributed by atoms with van der Waals surface area (Å²) in [6, 6.07) is 12.1. The lowest BCUT2D eigenvalue weighted by Crippen LogP contribution is -2.41. The molecule has 28 heavy (non-hydrogen) atoms. The van der Waals surface area contributed by atoms with Crippen LogP contribution in [0.4, 0.5) is 5.69 Å². The van der Waals surface area contributed by atoms with Crippen LogP contribution in [0.1, 0.15) is 25.3 Å². The van der Waals surface area contributed by atoms with Crippen molar-refractivity contribution in [3.05, 3.63) is 73.9 Å². The zero-order valence-electron chi connectivity index (χ0n) is 15.9. The normalized spacial score (nSPS) is 11.0. The molecule has 2 aromatic carbocycles. The van der Waals surface area contributed by atoms with Gasteiger partial charge in [-0.05, 0) is 43.2 Å². The number of unbranched alkanes of at least 4 members (excludes halogenated alkanes) is 1. The fourth-order valence-electron chi connectivity index (χ4n) is 3.10. The van der Waals surface area contributed by atoms with E-state index in [2.05, 4.69) is 5.32 Å². The third-order valence-electron chi connectivity index (χ3n) is 4.64. The topological polar surface area (TPSA) is 73.1 Å². The van der Waals surface area contributed by atoms with Crippen LogP contribution >= 0.6 is 11.6 Å². The Balaban J connectivity index is 2.02. The van der Waals surface area contributed by atoms with Gasteiger partial charge in [-0.3, -0.25) is 18.7 Å². The molecular formula is C21H22ClN3O3. The van der Waals surface area contributed by atoms with E-state index in [1.54, 1.807) is 36.4 Å². The number of nitrogens with one attached hydrogen (secondary N) is 1. The van der Waals surface area contributed by atoms with Crippen LogP contribution in [0, 0.1) is 6.92 Å². The minimum absolute atomic E-state index is 0.197. The second-order valence-electron chi connectivity index (χ2n) is 6.70. The maximum atomic E-state index is 12.9. The van der Waals surface area contributed by atoms with E-state index < -0.39 is 5.69 Å². The summed E-state index contributed by atoms with van der Waals surface area (Å²) in [6.45, 7) is 3.98. The second-order valence-corrected chi connectivity index (χ2v) is 7.14. The van der Waals surface area contributed by atoms with E-state index in [-0.39, 0.29) is 18.0 Å². The summed E-state index contributed by atoms with van der Waals surface area (Å²) in [5.74, 6) is -0.363. The van der Waals surface area contributed by atoms with E-state index in [4.69, 9.17) is 11.6 Å². The Hall–Kier alpha value is -2.86. The summed E-state index contributed by atoms with van der Waals surface area (Å²) >= 11 is 6.01. The van der Waals surface area contributed by atoms with Crippen LogP contribution in [-0.4, -0.2) is 15.0 Å². The molecule has 0 bridgehead atoms. The van der Waals surface area contributed by atoms with E-state index in [1.165, 1.54) is 9.13 Å². The van der Waals surface area contributed by atoms with Crippen LogP contribution in [0.15, 0.2) is 52.1 Å². The number of halogens is 1. The van der Waals surface area contributed by atoms with E-state index in [0.29, 0.717) is 34.6 Å². The Bertz CT molecular complexity index is 1150. The highest BCUT2D eigenvalue weighted by Crippen LogP contribution is 2.20. The molecule has 3 aromatic rings. The highest BCUT2D eigenvalue weighted by atomic mass is 35.5. The average molecular weight is 400 g/mol. The van der Waals surface area contributed by atoms with Crippen molar-refractivity contribution in [3.63, 3.8) is 0 Å². The maximum Gasteiger partial charge on any atom is 0.331 e. The van der Waals surface area contributed by atoms with Gasteiger partial charge in [0, 0.05) is 17.3 Å². The molecule has 1 aromatic heterocycles. The molecule has 0 aliphatic heterocycles. The molecule has 1 N–H and O–H groups in total. The standard InChI is InChI=1S/C21H22ClN3O3/c1-3-4-11-24-20(27)16-7-5-6-8-18(16)25(21(24)28)13-19(26)23-17-12-15(22)10-9-14(17)2/h5-10,12H,3-4,11,13H2,1-2H3,(H,23,26). The first kappa shape index (κ1) is 19.9. The van der Waals surface area contributed by atoms with Gasteiger partial charge in [0.1, 0.15) is 6.54 Å². The third-order valence-corrected chi connectivity index (χ3v) is 4.88. The Kier molecular flexibility index (Phi) is 5.99. The van der Waals surface area contributed by atoms with Gasteiger partial charge >= 0.3 is 5.69 Å². The van der Waals surface area contributed by atoms with Gasteiger partial charge in [-0.15, -0.1) is 0 Å². The number of fused-ring (bicyclic) bond motifs is 1. The van der Waals surface area contributed by atoms with Gasteiger partial charge in [0.25, 0.3) is 5.56 Å². The maximum absolute atomic E-state index is 12.9. The second kappa shape index (κ2) is 8.44. The van der Waals surface area contributed by atoms with Gasteiger partial charge in [0.2, 0.25) is 5.91 Å². The van der Waals surface area contributed by atoms with Gasteiger partial charge in [0.15, 0.2) is 0 Å². The first-order chi connectivity index (χ1) is 13.4. The molecule has 0 unspecified atom stereocenters. The van der Waals surface area contributed by atoms with Crippen molar-refractivity contribution in [2.24, 2.45) is 0 Å². The van der Waals surface area contributed by atoms with E-state index in [9.17, 15) is 14.4 Å². The van der Waals surface area contributed by atoms with Crippen LogP contribution in [0.25, 0.3) is 10.9 Å². The Morgan fingerprint density at radius 2 is 1.86 bits per heavy atom. The van der Waals surface area contributed by atoms with Crippen LogP contribution in [0.2, 0.25) is 5.02 Å². The fraction of sp³-hybridized carbons (Fsp3) is 0.286. The average Bonchev–Trinajstić information content (AvgIpc) is 2.68. The quantitative estimate of drug-likeness (QED) is 0.688. The molecule has 1 amide bonds. The van der Waals surface area contributed by atoms with Gasteiger partial charge < -0.3 is 5.32 Å². The van der Waals surface area contributed by atoms with Crippen molar-refractivity contribution in [3.8, 4) is 0 Å². The summed E-state index contributed by atoms with van der Waals surface area (Å²) < 4.78 is 2.56. The summed E-state index contributed by atoms with van der Waals surface area (Å²) in [5, 5.41) is 3.73. The van der Waals surface area contributed by atoms with Gasteiger partial charge in [-0.2, -0.15) is 0 Å². The number of nitrogens with zero attached hydrogens (tertiary/aromatic N) is 2. The summed E-state index contributed by atoms with van der Waals surface area (Å²) in [7, 11) is 0. The Morgan fingerprint density at radius 3 is 2.61 bits per heavy atom. The summed E-state index contributed by atoms with van der Waals surface area (Å²) in [5.41, 5.74) is 1.10. The Labute approximate surface area is 167 Å². The third kappa shape index (κ3) is 4.02. The molecule has 0 saturated carbocycles. The molecular weight excluding hydrogens is 378 g/mol. The number of amides is 1. The highest BCUT2D eigenvalue weighted by molar-refractivity contribution is 6.31. The number of aromatic nitrogens is 2. The van der Waals surface area contributed by atoms with E-state index in [0.717, 1.165) is 12.0 Å². The molecule has 0 saturated heterocycles. The summed E-state index contributed by atoms with van der Waals surface area (Å²) in [4.78, 5) is 38.3. The van der Waals surface area contributed by atoms with Crippen LogP contribution < -0.4 is 16.6 Å². The van der Waals surface area contributed by atoms with Gasteiger partial charge in [-0.25, -0.2) is 4.79 Å². The van der Waals surface area contributed by atoms with Crippen molar-refractivity contribution in [1.29, 1.82) is 0 Å². The number of carbonyl (C=O) groups is 1. The predicted molar refractivity (Wildman–Crippen MR) is 112 cm³/mol. The molecule has 0 aliphatic rings. The summed E-state index contributed by atoms with van der Waals surface area (Å²) in [6.07, 6.45) is 1.56. The smallest absolute Gasteiger partial charge is 0.324 e. The van der Waals surface area contributed by atoms with Crippen molar-refractivity contribution in [2.45, 2.75) is 39.8 Å². The van der Waals surface area contributed by atoms with Crippen LogP contribution in [0.3, 0.4) is 0 Å². The van der Waals surface area contributed by atoms with Gasteiger partial charge in [-0.1, -0.05) is 43.1 Å². The number of carbonyl (C=O) groups excluding carboxylic acids is 1. The van der Waals surface area contributed by atoms with Crippen molar-refractivity contribution < 1.29 is 4.79 Å². The predicted octanol–water partition coefficient (Wildman–Crippen LogP) is 3.56. The lowest BCUT2D eigenvalue weighted by Gasteiger charge is -2.14. The number of hydrogen-bond donors (Lipinski definition) is 1. The Morgan fingerprint density at radius 1 is 1.11 bits per heavy atom. The molecule has 7 heteroatoms. The zero-order chi connectivity index (χ0) is 20.3. The van der Waals surface area contributed by atoms with Crippen molar-refractivity contribution >= 4 is 34.1 Å². The zero-order valence-corrected chi connectivity index (χ0v) is 16.6. The minimum atomic E-state index is -0.477. The fourth-order valence-corrected chi connectivity index (χ4v) is 3.27. The number of hydrogen-bond acceptors (Lipinski definition) is 3. The number of para-hydroxylation sites is 1. The molecule has 0 fully saturated rings. The van der Waals surface area contributed by atoms with Crippen LogP contribution in [-0.2, 0) is 17.9 Å². The molecule has 6 nitrogen and oxygen atoms in total. The number of rotatable bonds is 6. The van der Waals surface area contributed by atoms with E-state index >= 15 is 0 Å². The first-order valence-corrected chi connectivity index (χ1v) is 9.58. The lowest BCUT2D eigenvalue weighted by atomic mass is 10.2. The van der Waals surface area contributed by atoms with Crippen molar-refractivity contribution in [1.82, 2.24) is 9.13 Å². The highest BCUT2D eigenvalue weighted by Gasteiger charge is 2.15. The van der Waals surface area contributed by atoms with Gasteiger partial charge in [0.05, 0.1) is 10.9 Å². The van der Waals surface area contributed by atoms with E-state index in [1.807, 2.05) is 19.9 Å². The largest absolute Gasteiger partial charge is 0.331 e. The lowest BCUT2D eigenvalue weighted by molar-refractivity contribution is -0.116. The van der Waals surface area contributed by atoms with Crippen molar-refractivity contribution in [2.75, 3.05) is 5.32 Å². The minimum Gasteiger partial charge on any atom is -0.324 e. The van der Waals surface area contributed by atoms with Crippen LogP contribution in [0.5, 0.6) is 0 Å². The molecule has 0 radical (unpaired) electrons. The number of aryl methyl sites for hydroxylation is 1. The molecule has 1 heterocycles. The molecule has 146 valence electrons. The molecule has 3 rings (SSSR count). The monoisotopic (exact) mass is 399 g/mol.